The lowest BCUT2D eigenvalue weighted by molar-refractivity contribution is 0.391. The van der Waals surface area contributed by atoms with Gasteiger partial charge in [-0.3, -0.25) is 0 Å². The van der Waals surface area contributed by atoms with Gasteiger partial charge in [-0.15, -0.1) is 0 Å². The lowest BCUT2D eigenvalue weighted by Crippen LogP contribution is -2.12. The summed E-state index contributed by atoms with van der Waals surface area (Å²) in [6.45, 7) is 0. The number of furan rings is 1. The number of hydrogen-bond acceptors (Lipinski definition) is 7. The molecule has 3 rings (SSSR count). The molecular weight excluding hydrogens is 374 g/mol. The van der Waals surface area contributed by atoms with Crippen LogP contribution in [-0.2, 0) is 10.0 Å². The summed E-state index contributed by atoms with van der Waals surface area (Å²) < 4.78 is 42.9. The molecule has 0 unspecified atom stereocenters. The summed E-state index contributed by atoms with van der Waals surface area (Å²) in [6.07, 6.45) is 0. The summed E-state index contributed by atoms with van der Waals surface area (Å²) >= 11 is 0. The molecule has 0 aliphatic heterocycles. The van der Waals surface area contributed by atoms with Gasteiger partial charge in [0, 0.05) is 0 Å². The number of methoxy groups -OCH3 is 2. The Bertz CT molecular complexity index is 1040. The van der Waals surface area contributed by atoms with Crippen molar-refractivity contribution in [2.24, 2.45) is 0 Å². The van der Waals surface area contributed by atoms with Gasteiger partial charge in [0.25, 0.3) is 15.9 Å². The Morgan fingerprint density at radius 1 is 0.889 bits per heavy atom. The standard InChI is InChI=1S/C18H17NO7S/c1-24-12-9-6-10-13(25-2)14(12)17-15(20)16(21)18(26-17)19-27(22,23)11-7-4-3-5-8-11/h3-10,19-21H,1-2H3. The molecular formula is C18H17NO7S. The van der Waals surface area contributed by atoms with Crippen LogP contribution in [0.15, 0.2) is 57.8 Å². The molecule has 0 fully saturated rings. The summed E-state index contributed by atoms with van der Waals surface area (Å²) in [5.41, 5.74) is 0.223. The zero-order valence-electron chi connectivity index (χ0n) is 14.5. The van der Waals surface area contributed by atoms with E-state index in [0.29, 0.717) is 11.5 Å². The van der Waals surface area contributed by atoms with Crippen molar-refractivity contribution in [3.8, 4) is 34.3 Å². The molecule has 0 aliphatic rings. The molecule has 0 saturated heterocycles. The van der Waals surface area contributed by atoms with Crippen LogP contribution >= 0.6 is 0 Å². The number of ether oxygens (including phenoxy) is 2. The van der Waals surface area contributed by atoms with E-state index in [1.165, 1.54) is 26.4 Å². The first-order valence-electron chi connectivity index (χ1n) is 7.73. The summed E-state index contributed by atoms with van der Waals surface area (Å²) in [5, 5.41) is 20.5. The van der Waals surface area contributed by atoms with Crippen LogP contribution in [0.1, 0.15) is 0 Å². The van der Waals surface area contributed by atoms with Gasteiger partial charge in [-0.1, -0.05) is 24.3 Å². The van der Waals surface area contributed by atoms with E-state index >= 15 is 0 Å². The van der Waals surface area contributed by atoms with Crippen molar-refractivity contribution in [2.75, 3.05) is 18.9 Å². The number of sulfonamides is 1. The van der Waals surface area contributed by atoms with Gasteiger partial charge in [0.2, 0.25) is 11.5 Å². The fourth-order valence-corrected chi connectivity index (χ4v) is 3.52. The van der Waals surface area contributed by atoms with E-state index in [0.717, 1.165) is 0 Å². The second kappa shape index (κ2) is 7.12. The van der Waals surface area contributed by atoms with Crippen molar-refractivity contribution in [2.45, 2.75) is 4.90 Å². The highest BCUT2D eigenvalue weighted by molar-refractivity contribution is 7.92. The average molecular weight is 391 g/mol. The molecule has 0 atom stereocenters. The molecule has 3 aromatic rings. The molecule has 0 spiro atoms. The van der Waals surface area contributed by atoms with Gasteiger partial charge in [0.15, 0.2) is 5.76 Å². The maximum atomic E-state index is 12.4. The van der Waals surface area contributed by atoms with Crippen molar-refractivity contribution in [1.82, 2.24) is 0 Å². The molecule has 9 heteroatoms. The molecule has 27 heavy (non-hydrogen) atoms. The van der Waals surface area contributed by atoms with Crippen LogP contribution in [0.3, 0.4) is 0 Å². The Morgan fingerprint density at radius 3 is 2.04 bits per heavy atom. The summed E-state index contributed by atoms with van der Waals surface area (Å²) in [6, 6.07) is 12.4. The van der Waals surface area contributed by atoms with Gasteiger partial charge in [-0.2, -0.15) is 0 Å². The number of benzene rings is 2. The zero-order chi connectivity index (χ0) is 19.6. The quantitative estimate of drug-likeness (QED) is 0.590. The first-order valence-corrected chi connectivity index (χ1v) is 9.21. The second-order valence-electron chi connectivity index (χ2n) is 5.41. The Hall–Kier alpha value is -3.33. The number of rotatable bonds is 6. The highest BCUT2D eigenvalue weighted by atomic mass is 32.2. The van der Waals surface area contributed by atoms with Crippen molar-refractivity contribution < 1.29 is 32.5 Å². The fourth-order valence-electron chi connectivity index (χ4n) is 2.51. The van der Waals surface area contributed by atoms with Gasteiger partial charge in [-0.25, -0.2) is 13.1 Å². The third-order valence-electron chi connectivity index (χ3n) is 3.79. The largest absolute Gasteiger partial charge is 0.502 e. The molecule has 0 aliphatic carbocycles. The predicted molar refractivity (Wildman–Crippen MR) is 97.8 cm³/mol. The Morgan fingerprint density at radius 2 is 1.48 bits per heavy atom. The topological polar surface area (TPSA) is 118 Å². The molecule has 8 nitrogen and oxygen atoms in total. The minimum absolute atomic E-state index is 0.0308. The molecule has 3 N–H and O–H groups in total. The number of anilines is 1. The van der Waals surface area contributed by atoms with E-state index in [2.05, 4.69) is 4.72 Å². The molecule has 0 radical (unpaired) electrons. The lowest BCUT2D eigenvalue weighted by atomic mass is 10.1. The SMILES string of the molecule is COc1cccc(OC)c1-c1oc(NS(=O)(=O)c2ccccc2)c(O)c1O. The van der Waals surface area contributed by atoms with Crippen molar-refractivity contribution >= 4 is 15.9 Å². The first kappa shape index (κ1) is 18.5. The van der Waals surface area contributed by atoms with E-state index < -0.39 is 27.4 Å². The van der Waals surface area contributed by atoms with E-state index in [1.807, 2.05) is 0 Å². The van der Waals surface area contributed by atoms with Crippen molar-refractivity contribution in [3.63, 3.8) is 0 Å². The predicted octanol–water partition coefficient (Wildman–Crippen LogP) is 3.18. The molecule has 142 valence electrons. The van der Waals surface area contributed by atoms with Crippen LogP contribution in [0.5, 0.6) is 23.0 Å². The normalized spacial score (nSPS) is 11.2. The lowest BCUT2D eigenvalue weighted by Gasteiger charge is -2.11. The van der Waals surface area contributed by atoms with E-state index in [9.17, 15) is 18.6 Å². The fraction of sp³-hybridized carbons (Fsp3) is 0.111. The van der Waals surface area contributed by atoms with Crippen LogP contribution < -0.4 is 14.2 Å². The first-order chi connectivity index (χ1) is 12.9. The van der Waals surface area contributed by atoms with Crippen LogP contribution in [0.25, 0.3) is 11.3 Å². The summed E-state index contributed by atoms with van der Waals surface area (Å²) in [4.78, 5) is -0.0308. The van der Waals surface area contributed by atoms with Gasteiger partial charge >= 0.3 is 0 Å². The number of hydrogen-bond donors (Lipinski definition) is 3. The Kier molecular flexibility index (Phi) is 4.87. The minimum atomic E-state index is -4.03. The second-order valence-corrected chi connectivity index (χ2v) is 7.10. The van der Waals surface area contributed by atoms with Crippen molar-refractivity contribution in [1.29, 1.82) is 0 Å². The molecule has 0 saturated carbocycles. The number of nitrogens with one attached hydrogen (secondary N) is 1. The molecule has 2 aromatic carbocycles. The van der Waals surface area contributed by atoms with Gasteiger partial charge in [-0.05, 0) is 24.3 Å². The smallest absolute Gasteiger partial charge is 0.264 e. The summed E-state index contributed by atoms with van der Waals surface area (Å²) in [7, 11) is -1.20. The molecule has 0 amide bonds. The van der Waals surface area contributed by atoms with Gasteiger partial charge < -0.3 is 24.1 Å². The Balaban J connectivity index is 2.09. The zero-order valence-corrected chi connectivity index (χ0v) is 15.3. The van der Waals surface area contributed by atoms with Gasteiger partial charge in [0.05, 0.1) is 19.1 Å². The molecule has 0 bridgehead atoms. The van der Waals surface area contributed by atoms with E-state index in [1.54, 1.807) is 36.4 Å². The van der Waals surface area contributed by atoms with Crippen LogP contribution in [0.4, 0.5) is 5.88 Å². The highest BCUT2D eigenvalue weighted by Crippen LogP contribution is 2.50. The molecule has 1 aromatic heterocycles. The average Bonchev–Trinajstić information content (AvgIpc) is 2.95. The minimum Gasteiger partial charge on any atom is -0.502 e. The van der Waals surface area contributed by atoms with Gasteiger partial charge in [0.1, 0.15) is 17.1 Å². The van der Waals surface area contributed by atoms with E-state index in [4.69, 9.17) is 13.9 Å². The molecule has 1 heterocycles. The highest BCUT2D eigenvalue weighted by Gasteiger charge is 2.28. The van der Waals surface area contributed by atoms with Crippen LogP contribution in [0, 0.1) is 0 Å². The summed E-state index contributed by atoms with van der Waals surface area (Å²) in [5.74, 6) is -1.53. The third-order valence-corrected chi connectivity index (χ3v) is 5.14. The van der Waals surface area contributed by atoms with Crippen LogP contribution in [-0.4, -0.2) is 32.9 Å². The van der Waals surface area contributed by atoms with E-state index in [-0.39, 0.29) is 16.2 Å². The van der Waals surface area contributed by atoms with Crippen LogP contribution in [0.2, 0.25) is 0 Å². The Labute approximate surface area is 155 Å². The third kappa shape index (κ3) is 3.36. The monoisotopic (exact) mass is 391 g/mol. The maximum absolute atomic E-state index is 12.4. The van der Waals surface area contributed by atoms with Crippen molar-refractivity contribution in [3.05, 3.63) is 48.5 Å². The number of aromatic hydroxyl groups is 2. The maximum Gasteiger partial charge on any atom is 0.264 e.